The SMILES string of the molecule is CCCCCCCCCCCCCCCCCC(=O)OC(COC(=O)CCCC)COC1OC(COC2OC(CO)C(O)C(O)C2O)C(O)C(O)C1O. The first-order valence-corrected chi connectivity index (χ1v) is 20.1. The highest BCUT2D eigenvalue weighted by Gasteiger charge is 2.47. The van der Waals surface area contributed by atoms with Gasteiger partial charge in [-0.05, 0) is 12.8 Å². The Balaban J connectivity index is 1.79. The number of unbranched alkanes of at least 4 members (excludes halogenated alkanes) is 15. The van der Waals surface area contributed by atoms with Crippen molar-refractivity contribution in [3.8, 4) is 0 Å². The lowest BCUT2D eigenvalue weighted by Gasteiger charge is -2.42. The number of hydrogen-bond donors (Lipinski definition) is 7. The van der Waals surface area contributed by atoms with Crippen molar-refractivity contribution in [2.24, 2.45) is 0 Å². The summed E-state index contributed by atoms with van der Waals surface area (Å²) in [7, 11) is 0. The average molecular weight is 767 g/mol. The van der Waals surface area contributed by atoms with Gasteiger partial charge in [-0.15, -0.1) is 0 Å². The summed E-state index contributed by atoms with van der Waals surface area (Å²) in [6.07, 6.45) is 2.99. The smallest absolute Gasteiger partial charge is 0.306 e. The number of hydrogen-bond acceptors (Lipinski definition) is 15. The molecule has 0 radical (unpaired) electrons. The second kappa shape index (κ2) is 28.0. The monoisotopic (exact) mass is 766 g/mol. The normalized spacial score (nSPS) is 29.5. The van der Waals surface area contributed by atoms with Gasteiger partial charge < -0.3 is 64.2 Å². The van der Waals surface area contributed by atoms with Gasteiger partial charge in [0.25, 0.3) is 0 Å². The molecule has 2 aliphatic rings. The summed E-state index contributed by atoms with van der Waals surface area (Å²) >= 11 is 0. The predicted molar refractivity (Wildman–Crippen MR) is 192 cm³/mol. The molecule has 2 fully saturated rings. The minimum absolute atomic E-state index is 0.170. The lowest BCUT2D eigenvalue weighted by molar-refractivity contribution is -0.332. The fourth-order valence-electron chi connectivity index (χ4n) is 6.37. The highest BCUT2D eigenvalue weighted by Crippen LogP contribution is 2.26. The van der Waals surface area contributed by atoms with Crippen molar-refractivity contribution in [2.45, 2.75) is 203 Å². The molecule has 0 spiro atoms. The quantitative estimate of drug-likeness (QED) is 0.0429. The van der Waals surface area contributed by atoms with Crippen LogP contribution >= 0.6 is 0 Å². The molecule has 11 atom stereocenters. The Labute approximate surface area is 315 Å². The number of rotatable bonds is 29. The van der Waals surface area contributed by atoms with Crippen LogP contribution in [0.15, 0.2) is 0 Å². The van der Waals surface area contributed by atoms with Crippen LogP contribution in [0.2, 0.25) is 0 Å². The van der Waals surface area contributed by atoms with E-state index < -0.39 is 92.7 Å². The molecular weight excluding hydrogens is 696 g/mol. The molecular formula is C38H70O15. The Morgan fingerprint density at radius 1 is 0.528 bits per heavy atom. The lowest BCUT2D eigenvalue weighted by Crippen LogP contribution is -2.61. The van der Waals surface area contributed by atoms with Crippen LogP contribution in [-0.4, -0.2) is 142 Å². The van der Waals surface area contributed by atoms with E-state index in [1.807, 2.05) is 6.92 Å². The van der Waals surface area contributed by atoms with E-state index in [9.17, 15) is 45.3 Å². The number of carbonyl (C=O) groups excluding carboxylic acids is 2. The number of ether oxygens (including phenoxy) is 6. The Hall–Kier alpha value is -1.50. The van der Waals surface area contributed by atoms with Gasteiger partial charge in [-0.25, -0.2) is 0 Å². The van der Waals surface area contributed by atoms with Gasteiger partial charge in [0.05, 0.1) is 19.8 Å². The van der Waals surface area contributed by atoms with Gasteiger partial charge in [-0.1, -0.05) is 110 Å². The summed E-state index contributed by atoms with van der Waals surface area (Å²) < 4.78 is 33.0. The zero-order valence-corrected chi connectivity index (χ0v) is 32.0. The van der Waals surface area contributed by atoms with Crippen LogP contribution in [0.4, 0.5) is 0 Å². The van der Waals surface area contributed by atoms with E-state index in [1.165, 1.54) is 70.6 Å². The Morgan fingerprint density at radius 2 is 0.981 bits per heavy atom. The molecule has 312 valence electrons. The average Bonchev–Trinajstić information content (AvgIpc) is 3.15. The third kappa shape index (κ3) is 18.3. The maximum atomic E-state index is 12.7. The zero-order chi connectivity index (χ0) is 39.0. The van der Waals surface area contributed by atoms with Crippen molar-refractivity contribution < 1.29 is 73.8 Å². The molecule has 0 aromatic carbocycles. The van der Waals surface area contributed by atoms with Crippen molar-refractivity contribution in [3.63, 3.8) is 0 Å². The minimum Gasteiger partial charge on any atom is -0.462 e. The number of esters is 2. The van der Waals surface area contributed by atoms with Gasteiger partial charge in [0.2, 0.25) is 0 Å². The molecule has 2 saturated heterocycles. The first kappa shape index (κ1) is 47.7. The molecule has 53 heavy (non-hydrogen) atoms. The van der Waals surface area contributed by atoms with Gasteiger partial charge in [0.15, 0.2) is 18.7 Å². The molecule has 7 N–H and O–H groups in total. The minimum atomic E-state index is -1.75. The fourth-order valence-corrected chi connectivity index (χ4v) is 6.37. The molecule has 2 aliphatic heterocycles. The fraction of sp³-hybridized carbons (Fsp3) is 0.947. The van der Waals surface area contributed by atoms with E-state index in [4.69, 9.17) is 28.4 Å². The molecule has 0 saturated carbocycles. The molecule has 2 heterocycles. The zero-order valence-electron chi connectivity index (χ0n) is 32.0. The number of aliphatic hydroxyl groups is 7. The summed E-state index contributed by atoms with van der Waals surface area (Å²) in [5.74, 6) is -0.961. The van der Waals surface area contributed by atoms with Crippen molar-refractivity contribution in [1.29, 1.82) is 0 Å². The molecule has 0 aliphatic carbocycles. The summed E-state index contributed by atoms with van der Waals surface area (Å²) in [6.45, 7) is 2.30. The van der Waals surface area contributed by atoms with Crippen LogP contribution < -0.4 is 0 Å². The second-order valence-corrected chi connectivity index (χ2v) is 14.5. The number of aliphatic hydroxyl groups excluding tert-OH is 7. The van der Waals surface area contributed by atoms with Crippen LogP contribution in [-0.2, 0) is 38.0 Å². The first-order valence-electron chi connectivity index (χ1n) is 20.1. The molecule has 15 heteroatoms. The van der Waals surface area contributed by atoms with E-state index in [0.717, 1.165) is 25.7 Å². The van der Waals surface area contributed by atoms with Crippen molar-refractivity contribution >= 4 is 11.9 Å². The van der Waals surface area contributed by atoms with Crippen LogP contribution in [0.5, 0.6) is 0 Å². The van der Waals surface area contributed by atoms with E-state index >= 15 is 0 Å². The third-order valence-electron chi connectivity index (χ3n) is 9.84. The van der Waals surface area contributed by atoms with Gasteiger partial charge in [0, 0.05) is 12.8 Å². The molecule has 15 nitrogen and oxygen atoms in total. The van der Waals surface area contributed by atoms with Gasteiger partial charge in [0.1, 0.15) is 55.4 Å². The topological polar surface area (TPSA) is 231 Å². The summed E-state index contributed by atoms with van der Waals surface area (Å²) in [6, 6.07) is 0. The van der Waals surface area contributed by atoms with Gasteiger partial charge in [-0.2, -0.15) is 0 Å². The molecule has 2 rings (SSSR count). The van der Waals surface area contributed by atoms with Crippen LogP contribution in [0, 0.1) is 0 Å². The highest BCUT2D eigenvalue weighted by molar-refractivity contribution is 5.70. The van der Waals surface area contributed by atoms with Crippen LogP contribution in [0.1, 0.15) is 136 Å². The molecule has 0 amide bonds. The van der Waals surface area contributed by atoms with Gasteiger partial charge >= 0.3 is 11.9 Å². The van der Waals surface area contributed by atoms with Crippen molar-refractivity contribution in [1.82, 2.24) is 0 Å². The van der Waals surface area contributed by atoms with E-state index in [1.54, 1.807) is 0 Å². The summed E-state index contributed by atoms with van der Waals surface area (Å²) in [4.78, 5) is 24.9. The Kier molecular flexibility index (Phi) is 25.2. The molecule has 0 bridgehead atoms. The van der Waals surface area contributed by atoms with Crippen LogP contribution in [0.3, 0.4) is 0 Å². The van der Waals surface area contributed by atoms with E-state index in [2.05, 4.69) is 6.92 Å². The van der Waals surface area contributed by atoms with E-state index in [0.29, 0.717) is 12.8 Å². The van der Waals surface area contributed by atoms with E-state index in [-0.39, 0.29) is 26.1 Å². The largest absolute Gasteiger partial charge is 0.462 e. The molecule has 0 aromatic heterocycles. The predicted octanol–water partition coefficient (Wildman–Crippen LogP) is 2.53. The highest BCUT2D eigenvalue weighted by atomic mass is 16.7. The third-order valence-corrected chi connectivity index (χ3v) is 9.84. The molecule has 11 unspecified atom stereocenters. The van der Waals surface area contributed by atoms with Gasteiger partial charge in [-0.3, -0.25) is 9.59 Å². The molecule has 0 aromatic rings. The van der Waals surface area contributed by atoms with Crippen molar-refractivity contribution in [3.05, 3.63) is 0 Å². The first-order chi connectivity index (χ1) is 25.5. The standard InChI is InChI=1S/C38H70O15/c1-3-5-7-8-9-10-11-12-13-14-15-16-17-18-19-21-30(41)51-26(23-48-29(40)20-6-4-2)24-49-37-36(47)34(45)32(43)28(53-37)25-50-38-35(46)33(44)31(42)27(22-39)52-38/h26-28,31-39,42-47H,3-25H2,1-2H3. The summed E-state index contributed by atoms with van der Waals surface area (Å²) in [5, 5.41) is 71.3. The lowest BCUT2D eigenvalue weighted by atomic mass is 9.98. The van der Waals surface area contributed by atoms with Crippen LogP contribution in [0.25, 0.3) is 0 Å². The Morgan fingerprint density at radius 3 is 1.51 bits per heavy atom. The second-order valence-electron chi connectivity index (χ2n) is 14.5. The van der Waals surface area contributed by atoms with Crippen molar-refractivity contribution in [2.75, 3.05) is 26.4 Å². The number of carbonyl (C=O) groups is 2. The maximum absolute atomic E-state index is 12.7. The Bertz CT molecular complexity index is 955. The summed E-state index contributed by atoms with van der Waals surface area (Å²) in [5.41, 5.74) is 0. The maximum Gasteiger partial charge on any atom is 0.306 e.